The third-order valence-electron chi connectivity index (χ3n) is 8.57. The van der Waals surface area contributed by atoms with Crippen molar-refractivity contribution in [2.75, 3.05) is 6.61 Å². The highest BCUT2D eigenvalue weighted by Crippen LogP contribution is 2.47. The van der Waals surface area contributed by atoms with E-state index in [0.29, 0.717) is 6.42 Å². The molecule has 1 saturated carbocycles. The van der Waals surface area contributed by atoms with Crippen LogP contribution < -0.4 is 5.32 Å². The number of phosphoric ester groups is 1. The van der Waals surface area contributed by atoms with Crippen molar-refractivity contribution in [1.29, 1.82) is 0 Å². The van der Waals surface area contributed by atoms with Crippen LogP contribution in [0.2, 0.25) is 0 Å². The van der Waals surface area contributed by atoms with Crippen molar-refractivity contribution in [2.45, 2.75) is 185 Å². The van der Waals surface area contributed by atoms with Gasteiger partial charge in [0.1, 0.15) is 36.6 Å². The van der Waals surface area contributed by atoms with Gasteiger partial charge in [0.25, 0.3) is 0 Å². The van der Waals surface area contributed by atoms with Crippen LogP contribution in [0.25, 0.3) is 0 Å². The Morgan fingerprint density at radius 3 is 1.65 bits per heavy atom. The lowest BCUT2D eigenvalue weighted by atomic mass is 9.85. The predicted octanol–water partition coefficient (Wildman–Crippen LogP) is 4.16. The van der Waals surface area contributed by atoms with Crippen LogP contribution in [0.3, 0.4) is 0 Å². The van der Waals surface area contributed by atoms with Crippen molar-refractivity contribution in [3.63, 3.8) is 0 Å². The molecule has 12 nitrogen and oxygen atoms in total. The maximum Gasteiger partial charge on any atom is 0.472 e. The molecule has 0 spiro atoms. The first-order valence-electron chi connectivity index (χ1n) is 17.6. The fourth-order valence-corrected chi connectivity index (χ4v) is 6.51. The van der Waals surface area contributed by atoms with Crippen molar-refractivity contribution in [3.8, 4) is 0 Å². The van der Waals surface area contributed by atoms with Crippen LogP contribution in [0.4, 0.5) is 0 Å². The van der Waals surface area contributed by atoms with Gasteiger partial charge in [-0.25, -0.2) is 4.57 Å². The molecule has 6 unspecified atom stereocenters. The van der Waals surface area contributed by atoms with E-state index in [9.17, 15) is 44.9 Å². The highest BCUT2D eigenvalue weighted by Gasteiger charge is 2.51. The third kappa shape index (κ3) is 18.0. The topological polar surface area (TPSA) is 206 Å². The second kappa shape index (κ2) is 25.1. The molecule has 13 heteroatoms. The number of nitrogens with one attached hydrogen (secondary N) is 1. The van der Waals surface area contributed by atoms with Gasteiger partial charge in [-0.05, 0) is 19.3 Å². The molecular weight excluding hydrogens is 617 g/mol. The lowest BCUT2D eigenvalue weighted by molar-refractivity contribution is -0.220. The summed E-state index contributed by atoms with van der Waals surface area (Å²) in [5.74, 6) is -0.348. The predicted molar refractivity (Wildman–Crippen MR) is 177 cm³/mol. The Morgan fingerprint density at radius 1 is 0.717 bits per heavy atom. The average molecular weight is 682 g/mol. The van der Waals surface area contributed by atoms with Gasteiger partial charge >= 0.3 is 7.82 Å². The molecule has 1 rings (SSSR count). The van der Waals surface area contributed by atoms with Crippen molar-refractivity contribution < 1.29 is 53.9 Å². The summed E-state index contributed by atoms with van der Waals surface area (Å²) in [7, 11) is -5.05. The monoisotopic (exact) mass is 681 g/mol. The van der Waals surface area contributed by atoms with Crippen LogP contribution in [0, 0.1) is 0 Å². The maximum absolute atomic E-state index is 12.7. The van der Waals surface area contributed by atoms with Gasteiger partial charge in [0.2, 0.25) is 5.91 Å². The molecule has 8 N–H and O–H groups in total. The summed E-state index contributed by atoms with van der Waals surface area (Å²) < 4.78 is 22.6. The van der Waals surface area contributed by atoms with Gasteiger partial charge in [-0.2, -0.15) is 0 Å². The van der Waals surface area contributed by atoms with Gasteiger partial charge in [0, 0.05) is 6.42 Å². The van der Waals surface area contributed by atoms with E-state index >= 15 is 0 Å². The van der Waals surface area contributed by atoms with Gasteiger partial charge in [0.05, 0.1) is 18.8 Å². The molecule has 0 aromatic rings. The van der Waals surface area contributed by atoms with Gasteiger partial charge in [-0.1, -0.05) is 122 Å². The maximum atomic E-state index is 12.7. The Bertz CT molecular complexity index is 847. The summed E-state index contributed by atoms with van der Waals surface area (Å²) in [4.78, 5) is 23.0. The number of aliphatic hydroxyl groups is 6. The number of rotatable bonds is 27. The molecule has 1 aliphatic carbocycles. The number of hydrogen-bond acceptors (Lipinski definition) is 10. The zero-order valence-electron chi connectivity index (χ0n) is 28.1. The Kier molecular flexibility index (Phi) is 23.5. The molecule has 0 aromatic carbocycles. The minimum absolute atomic E-state index is 0.215. The molecule has 0 aliphatic heterocycles. The summed E-state index contributed by atoms with van der Waals surface area (Å²) in [6.07, 6.45) is 10.4. The van der Waals surface area contributed by atoms with Gasteiger partial charge in [-0.3, -0.25) is 13.8 Å². The molecule has 0 radical (unpaired) electrons. The van der Waals surface area contributed by atoms with E-state index in [1.165, 1.54) is 70.3 Å². The van der Waals surface area contributed by atoms with E-state index in [1.54, 1.807) is 6.08 Å². The molecule has 0 heterocycles. The Hall–Kier alpha value is -0.920. The van der Waals surface area contributed by atoms with E-state index in [-0.39, 0.29) is 12.3 Å². The number of carbonyl (C=O) groups is 1. The second-order valence-electron chi connectivity index (χ2n) is 12.7. The summed E-state index contributed by atoms with van der Waals surface area (Å²) in [5, 5.41) is 63.3. The molecule has 0 bridgehead atoms. The zero-order chi connectivity index (χ0) is 34.4. The minimum atomic E-state index is -5.05. The molecule has 272 valence electrons. The van der Waals surface area contributed by atoms with E-state index in [0.717, 1.165) is 44.9 Å². The lowest BCUT2D eigenvalue weighted by Gasteiger charge is -2.41. The highest BCUT2D eigenvalue weighted by molar-refractivity contribution is 7.47. The summed E-state index contributed by atoms with van der Waals surface area (Å²) in [6.45, 7) is 3.73. The van der Waals surface area contributed by atoms with E-state index in [4.69, 9.17) is 9.05 Å². The molecule has 9 atom stereocenters. The zero-order valence-corrected chi connectivity index (χ0v) is 29.0. The van der Waals surface area contributed by atoms with Gasteiger partial charge in [0.15, 0.2) is 0 Å². The van der Waals surface area contributed by atoms with E-state index < -0.39 is 63.2 Å². The molecule has 0 aromatic heterocycles. The van der Waals surface area contributed by atoms with Crippen LogP contribution in [0.1, 0.15) is 136 Å². The Balaban J connectivity index is 2.67. The first-order chi connectivity index (χ1) is 21.9. The van der Waals surface area contributed by atoms with E-state index in [1.807, 2.05) is 0 Å². The molecule has 1 fully saturated rings. The normalized spacial score (nSPS) is 26.2. The molecule has 1 aliphatic rings. The number of carbonyl (C=O) groups excluding carboxylic acids is 1. The number of allylic oxidation sites excluding steroid dienone is 1. The number of amides is 1. The summed E-state index contributed by atoms with van der Waals surface area (Å²) in [6, 6.07) is -1.11. The number of hydrogen-bond donors (Lipinski definition) is 8. The van der Waals surface area contributed by atoms with Crippen LogP contribution >= 0.6 is 7.82 Å². The summed E-state index contributed by atoms with van der Waals surface area (Å²) in [5.41, 5.74) is 0. The molecular formula is C33H64NO11P. The standard InChI is InChI=1S/C33H64NO11P/c1-3-5-7-9-11-13-15-16-18-20-22-26(35)25(34-27(36)23-21-19-17-14-12-10-8-6-4-2)24-44-46(42,43)45-33-31(40)29(38)28(37)30(39)32(33)41/h20,22,25-26,28-33,35,37-41H,3-19,21,23-24H2,1-2H3,(H,34,36)(H,42,43)/b22-20+/t25-,26+,28?,29+,30?,31?,32?,33?/m0/s1. The number of phosphoric acid groups is 1. The van der Waals surface area contributed by atoms with E-state index in [2.05, 4.69) is 19.2 Å². The fraction of sp³-hybridized carbons (Fsp3) is 0.909. The van der Waals surface area contributed by atoms with Crippen molar-refractivity contribution in [1.82, 2.24) is 5.32 Å². The first kappa shape index (κ1) is 43.1. The summed E-state index contributed by atoms with van der Waals surface area (Å²) >= 11 is 0. The van der Waals surface area contributed by atoms with Gasteiger partial charge in [-0.15, -0.1) is 0 Å². The molecule has 1 amide bonds. The van der Waals surface area contributed by atoms with Gasteiger partial charge < -0.3 is 40.8 Å². The lowest BCUT2D eigenvalue weighted by Crippen LogP contribution is -2.64. The quantitative estimate of drug-likeness (QED) is 0.0351. The van der Waals surface area contributed by atoms with Crippen LogP contribution in [0.15, 0.2) is 12.2 Å². The average Bonchev–Trinajstić information content (AvgIpc) is 3.03. The Morgan fingerprint density at radius 2 is 1.15 bits per heavy atom. The Labute approximate surface area is 276 Å². The fourth-order valence-electron chi connectivity index (χ4n) is 5.55. The smallest absolute Gasteiger partial charge is 0.387 e. The van der Waals surface area contributed by atoms with Crippen LogP contribution in [-0.4, -0.2) is 96.8 Å². The van der Waals surface area contributed by atoms with Crippen LogP contribution in [-0.2, 0) is 18.4 Å². The largest absolute Gasteiger partial charge is 0.472 e. The van der Waals surface area contributed by atoms with Crippen molar-refractivity contribution in [2.24, 2.45) is 0 Å². The third-order valence-corrected chi connectivity index (χ3v) is 9.55. The van der Waals surface area contributed by atoms with Crippen molar-refractivity contribution >= 4 is 13.7 Å². The SMILES string of the molecule is CCCCCCCCCC/C=C/[C@@H](O)[C@H](COP(=O)(O)OC1C(O)C(O)C(O)[C@@H](O)C1O)NC(=O)CCCCCCCCCCC. The first-order valence-corrected chi connectivity index (χ1v) is 19.1. The number of unbranched alkanes of at least 4 members (excludes halogenated alkanes) is 16. The highest BCUT2D eigenvalue weighted by atomic mass is 31.2. The number of aliphatic hydroxyl groups excluding tert-OH is 6. The minimum Gasteiger partial charge on any atom is -0.387 e. The molecule has 0 saturated heterocycles. The van der Waals surface area contributed by atoms with Crippen LogP contribution in [0.5, 0.6) is 0 Å². The van der Waals surface area contributed by atoms with Crippen molar-refractivity contribution in [3.05, 3.63) is 12.2 Å². The molecule has 46 heavy (non-hydrogen) atoms. The second-order valence-corrected chi connectivity index (χ2v) is 14.1.